The molecule has 1 rings (SSSR count). The molecule has 1 aromatic rings. The molecule has 0 spiro atoms. The van der Waals surface area contributed by atoms with Gasteiger partial charge in [0.05, 0.1) is 0 Å². The molecule has 3 heteroatoms. The number of urea groups is 1. The molecular weight excluding hydrogens is 236 g/mol. The van der Waals surface area contributed by atoms with Crippen LogP contribution in [0.25, 0.3) is 0 Å². The van der Waals surface area contributed by atoms with E-state index in [-0.39, 0.29) is 6.03 Å². The van der Waals surface area contributed by atoms with E-state index >= 15 is 0 Å². The summed E-state index contributed by atoms with van der Waals surface area (Å²) in [5, 5.41) is 2.96. The van der Waals surface area contributed by atoms with E-state index in [4.69, 9.17) is 0 Å². The summed E-state index contributed by atoms with van der Waals surface area (Å²) in [6, 6.07) is 8.18. The van der Waals surface area contributed by atoms with E-state index < -0.39 is 0 Å². The summed E-state index contributed by atoms with van der Waals surface area (Å²) in [5.74, 6) is 0.696. The van der Waals surface area contributed by atoms with E-state index in [0.717, 1.165) is 19.4 Å². The minimum atomic E-state index is 0.00649. The van der Waals surface area contributed by atoms with Crippen LogP contribution in [-0.4, -0.2) is 24.5 Å². The maximum absolute atomic E-state index is 11.9. The fourth-order valence-corrected chi connectivity index (χ4v) is 1.96. The molecule has 0 aromatic heterocycles. The lowest BCUT2D eigenvalue weighted by molar-refractivity contribution is 0.206. The van der Waals surface area contributed by atoms with Gasteiger partial charge in [0, 0.05) is 20.1 Å². The normalized spacial score (nSPS) is 10.6. The van der Waals surface area contributed by atoms with Crippen LogP contribution in [0.5, 0.6) is 0 Å². The molecule has 0 aliphatic carbocycles. The molecule has 0 heterocycles. The van der Waals surface area contributed by atoms with E-state index in [1.807, 2.05) is 19.2 Å². The first kappa shape index (κ1) is 15.5. The van der Waals surface area contributed by atoms with Gasteiger partial charge in [-0.05, 0) is 36.8 Å². The van der Waals surface area contributed by atoms with Crippen molar-refractivity contribution in [1.29, 1.82) is 0 Å². The molecule has 19 heavy (non-hydrogen) atoms. The molecule has 2 amide bonds. The van der Waals surface area contributed by atoms with Gasteiger partial charge in [0.25, 0.3) is 0 Å². The van der Waals surface area contributed by atoms with Crippen LogP contribution >= 0.6 is 0 Å². The van der Waals surface area contributed by atoms with Gasteiger partial charge in [-0.3, -0.25) is 0 Å². The predicted octanol–water partition coefficient (Wildman–Crippen LogP) is 3.57. The molecule has 0 saturated carbocycles. The Kier molecular flexibility index (Phi) is 6.40. The monoisotopic (exact) mass is 262 g/mol. The molecule has 0 saturated heterocycles. The highest BCUT2D eigenvalue weighted by atomic mass is 16.2. The Morgan fingerprint density at radius 1 is 1.32 bits per heavy atom. The van der Waals surface area contributed by atoms with E-state index in [2.05, 4.69) is 38.2 Å². The molecule has 0 unspecified atom stereocenters. The molecule has 1 N–H and O–H groups in total. The second kappa shape index (κ2) is 7.82. The lowest BCUT2D eigenvalue weighted by Crippen LogP contribution is -2.37. The Morgan fingerprint density at radius 3 is 2.63 bits per heavy atom. The van der Waals surface area contributed by atoms with Crippen molar-refractivity contribution in [2.45, 2.75) is 40.2 Å². The highest BCUT2D eigenvalue weighted by Crippen LogP contribution is 2.09. The molecule has 3 nitrogen and oxygen atoms in total. The summed E-state index contributed by atoms with van der Waals surface area (Å²) in [6.07, 6.45) is 2.20. The molecule has 0 bridgehead atoms. The maximum Gasteiger partial charge on any atom is 0.317 e. The van der Waals surface area contributed by atoms with Crippen LogP contribution in [0.15, 0.2) is 24.3 Å². The number of benzene rings is 1. The smallest absolute Gasteiger partial charge is 0.317 e. The summed E-state index contributed by atoms with van der Waals surface area (Å²) < 4.78 is 0. The lowest BCUT2D eigenvalue weighted by Gasteiger charge is -2.19. The van der Waals surface area contributed by atoms with Gasteiger partial charge in [0.2, 0.25) is 0 Å². The van der Waals surface area contributed by atoms with Crippen molar-refractivity contribution in [3.8, 4) is 0 Å². The van der Waals surface area contributed by atoms with Gasteiger partial charge in [0.1, 0.15) is 0 Å². The number of nitrogens with one attached hydrogen (secondary N) is 1. The highest BCUT2D eigenvalue weighted by Gasteiger charge is 2.09. The molecular formula is C16H26N2O. The van der Waals surface area contributed by atoms with E-state index in [1.54, 1.807) is 4.90 Å². The van der Waals surface area contributed by atoms with Gasteiger partial charge in [-0.1, -0.05) is 38.1 Å². The number of aryl methyl sites for hydroxylation is 1. The number of nitrogens with zero attached hydrogens (tertiary/aromatic N) is 1. The van der Waals surface area contributed by atoms with Crippen LogP contribution < -0.4 is 5.32 Å². The average molecular weight is 262 g/mol. The van der Waals surface area contributed by atoms with Crippen LogP contribution in [0.1, 0.15) is 37.8 Å². The third-order valence-electron chi connectivity index (χ3n) is 3.25. The van der Waals surface area contributed by atoms with Crippen LogP contribution in [-0.2, 0) is 6.54 Å². The third-order valence-corrected chi connectivity index (χ3v) is 3.25. The van der Waals surface area contributed by atoms with Crippen molar-refractivity contribution >= 4 is 6.03 Å². The fraction of sp³-hybridized carbons (Fsp3) is 0.562. The van der Waals surface area contributed by atoms with Gasteiger partial charge in [-0.15, -0.1) is 0 Å². The van der Waals surface area contributed by atoms with Crippen molar-refractivity contribution in [3.63, 3.8) is 0 Å². The SMILES string of the molecule is Cc1ccccc1CN(C)C(=O)NCCCC(C)C. The zero-order valence-corrected chi connectivity index (χ0v) is 12.6. The topological polar surface area (TPSA) is 32.3 Å². The summed E-state index contributed by atoms with van der Waals surface area (Å²) >= 11 is 0. The Morgan fingerprint density at radius 2 is 2.00 bits per heavy atom. The lowest BCUT2D eigenvalue weighted by atomic mass is 10.1. The average Bonchev–Trinajstić information content (AvgIpc) is 2.36. The zero-order valence-electron chi connectivity index (χ0n) is 12.6. The molecule has 0 aliphatic rings. The van der Waals surface area contributed by atoms with Crippen molar-refractivity contribution in [2.24, 2.45) is 5.92 Å². The third kappa shape index (κ3) is 5.77. The van der Waals surface area contributed by atoms with Crippen LogP contribution in [0.4, 0.5) is 4.79 Å². The van der Waals surface area contributed by atoms with Gasteiger partial charge in [0.15, 0.2) is 0 Å². The predicted molar refractivity (Wildman–Crippen MR) is 80.1 cm³/mol. The number of carbonyl (C=O) groups excluding carboxylic acids is 1. The maximum atomic E-state index is 11.9. The fourth-order valence-electron chi connectivity index (χ4n) is 1.96. The Hall–Kier alpha value is -1.51. The van der Waals surface area contributed by atoms with Gasteiger partial charge in [-0.2, -0.15) is 0 Å². The number of rotatable bonds is 6. The minimum Gasteiger partial charge on any atom is -0.338 e. The molecule has 106 valence electrons. The summed E-state index contributed by atoms with van der Waals surface area (Å²) in [7, 11) is 1.84. The van der Waals surface area contributed by atoms with Gasteiger partial charge < -0.3 is 10.2 Å². The second-order valence-corrected chi connectivity index (χ2v) is 5.55. The van der Waals surface area contributed by atoms with Crippen LogP contribution in [0.2, 0.25) is 0 Å². The quantitative estimate of drug-likeness (QED) is 0.781. The van der Waals surface area contributed by atoms with E-state index in [1.165, 1.54) is 11.1 Å². The summed E-state index contributed by atoms with van der Waals surface area (Å²) in [5.41, 5.74) is 2.42. The van der Waals surface area contributed by atoms with Gasteiger partial charge in [-0.25, -0.2) is 4.79 Å². The Bertz CT molecular complexity index is 401. The Labute approximate surface area is 117 Å². The number of amides is 2. The molecule has 0 fully saturated rings. The van der Waals surface area contributed by atoms with Crippen LogP contribution in [0.3, 0.4) is 0 Å². The molecule has 1 aromatic carbocycles. The van der Waals surface area contributed by atoms with Crippen molar-refractivity contribution in [3.05, 3.63) is 35.4 Å². The van der Waals surface area contributed by atoms with E-state index in [0.29, 0.717) is 12.5 Å². The number of hydrogen-bond donors (Lipinski definition) is 1. The van der Waals surface area contributed by atoms with Crippen LogP contribution in [0, 0.1) is 12.8 Å². The minimum absolute atomic E-state index is 0.00649. The second-order valence-electron chi connectivity index (χ2n) is 5.55. The molecule has 0 radical (unpaired) electrons. The molecule has 0 aliphatic heterocycles. The number of hydrogen-bond acceptors (Lipinski definition) is 1. The molecule has 0 atom stereocenters. The zero-order chi connectivity index (χ0) is 14.3. The summed E-state index contributed by atoms with van der Waals surface area (Å²) in [4.78, 5) is 13.7. The first-order valence-corrected chi connectivity index (χ1v) is 7.04. The highest BCUT2D eigenvalue weighted by molar-refractivity contribution is 5.73. The first-order valence-electron chi connectivity index (χ1n) is 7.04. The largest absolute Gasteiger partial charge is 0.338 e. The van der Waals surface area contributed by atoms with Gasteiger partial charge >= 0.3 is 6.03 Å². The van der Waals surface area contributed by atoms with Crippen molar-refractivity contribution in [1.82, 2.24) is 10.2 Å². The van der Waals surface area contributed by atoms with E-state index in [9.17, 15) is 4.79 Å². The Balaban J connectivity index is 2.35. The van der Waals surface area contributed by atoms with Crippen molar-refractivity contribution < 1.29 is 4.79 Å². The van der Waals surface area contributed by atoms with Crippen molar-refractivity contribution in [2.75, 3.05) is 13.6 Å². The number of carbonyl (C=O) groups is 1. The first-order chi connectivity index (χ1) is 9.00. The summed E-state index contributed by atoms with van der Waals surface area (Å²) in [6.45, 7) is 7.89. The standard InChI is InChI=1S/C16H26N2O/c1-13(2)8-7-11-17-16(19)18(4)12-15-10-6-5-9-14(15)3/h5-6,9-10,13H,7-8,11-12H2,1-4H3,(H,17,19).